The molecule has 0 saturated carbocycles. The van der Waals surface area contributed by atoms with Gasteiger partial charge >= 0.3 is 0 Å². The largest absolute Gasteiger partial charge is 0.385 e. The molecular formula is C9H19NO3. The second kappa shape index (κ2) is 6.32. The molecule has 0 unspecified atom stereocenters. The van der Waals surface area contributed by atoms with Crippen molar-refractivity contribution in [2.45, 2.75) is 12.7 Å². The van der Waals surface area contributed by atoms with E-state index < -0.39 is 0 Å². The van der Waals surface area contributed by atoms with Gasteiger partial charge in [0.25, 0.3) is 0 Å². The van der Waals surface area contributed by atoms with Gasteiger partial charge in [0.2, 0.25) is 0 Å². The number of nitrogens with zero attached hydrogens (tertiary/aromatic N) is 1. The molecule has 0 aromatic carbocycles. The van der Waals surface area contributed by atoms with Crippen molar-refractivity contribution in [3.8, 4) is 0 Å². The Balaban J connectivity index is 1.99. The predicted octanol–water partition coefficient (Wildman–Crippen LogP) is 0.328. The Morgan fingerprint density at radius 3 is 2.69 bits per heavy atom. The van der Waals surface area contributed by atoms with Crippen LogP contribution in [0.5, 0.6) is 0 Å². The van der Waals surface area contributed by atoms with E-state index in [2.05, 4.69) is 11.9 Å². The Bertz CT molecular complexity index is 126. The van der Waals surface area contributed by atoms with Gasteiger partial charge in [-0.15, -0.1) is 0 Å². The highest BCUT2D eigenvalue weighted by molar-refractivity contribution is 4.58. The van der Waals surface area contributed by atoms with Crippen molar-refractivity contribution in [1.29, 1.82) is 0 Å². The van der Waals surface area contributed by atoms with E-state index in [0.29, 0.717) is 0 Å². The molecular weight excluding hydrogens is 170 g/mol. The monoisotopic (exact) mass is 189 g/mol. The van der Waals surface area contributed by atoms with Gasteiger partial charge in [-0.25, -0.2) is 0 Å². The highest BCUT2D eigenvalue weighted by Gasteiger charge is 2.17. The maximum atomic E-state index is 5.33. The summed E-state index contributed by atoms with van der Waals surface area (Å²) in [5.74, 6) is 0. The molecule has 0 aliphatic carbocycles. The molecule has 0 amide bonds. The Kier molecular flexibility index (Phi) is 5.31. The van der Waals surface area contributed by atoms with Crippen LogP contribution in [0.2, 0.25) is 0 Å². The van der Waals surface area contributed by atoms with Crippen LogP contribution in [-0.2, 0) is 14.2 Å². The first kappa shape index (κ1) is 10.9. The molecule has 13 heavy (non-hydrogen) atoms. The molecule has 1 heterocycles. The van der Waals surface area contributed by atoms with Crippen LogP contribution in [0.4, 0.5) is 0 Å². The lowest BCUT2D eigenvalue weighted by Crippen LogP contribution is -2.30. The summed E-state index contributed by atoms with van der Waals surface area (Å²) in [6.45, 7) is 4.16. The number of rotatable bonds is 6. The van der Waals surface area contributed by atoms with Gasteiger partial charge in [-0.1, -0.05) is 0 Å². The molecule has 0 aromatic rings. The summed E-state index contributed by atoms with van der Waals surface area (Å²) in [7, 11) is 3.80. The van der Waals surface area contributed by atoms with E-state index in [0.717, 1.165) is 39.3 Å². The molecule has 0 spiro atoms. The molecule has 1 saturated heterocycles. The molecule has 4 heteroatoms. The summed E-state index contributed by atoms with van der Waals surface area (Å²) in [5.41, 5.74) is 0. The van der Waals surface area contributed by atoms with Crippen LogP contribution in [0.3, 0.4) is 0 Å². The number of likely N-dealkylation sites (N-methyl/N-ethyl adjacent to an activating group) is 1. The topological polar surface area (TPSA) is 30.9 Å². The molecule has 0 aromatic heterocycles. The summed E-state index contributed by atoms with van der Waals surface area (Å²) in [5, 5.41) is 0. The van der Waals surface area contributed by atoms with Gasteiger partial charge in [-0.2, -0.15) is 0 Å². The molecule has 0 bridgehead atoms. The quantitative estimate of drug-likeness (QED) is 0.563. The number of methoxy groups -OCH3 is 1. The highest BCUT2D eigenvalue weighted by atomic mass is 16.7. The van der Waals surface area contributed by atoms with Gasteiger partial charge < -0.3 is 19.1 Å². The third kappa shape index (κ3) is 4.57. The summed E-state index contributed by atoms with van der Waals surface area (Å²) in [6.07, 6.45) is 1.03. The fourth-order valence-corrected chi connectivity index (χ4v) is 1.34. The standard InChI is InChI=1S/C9H19NO3/c1-10(4-3-5-11-2)8-9-12-6-7-13-9/h9H,3-8H2,1-2H3. The second-order valence-corrected chi connectivity index (χ2v) is 3.28. The summed E-state index contributed by atoms with van der Waals surface area (Å²) in [4.78, 5) is 2.20. The van der Waals surface area contributed by atoms with Crippen LogP contribution < -0.4 is 0 Å². The van der Waals surface area contributed by atoms with Gasteiger partial charge in [0.1, 0.15) is 0 Å². The van der Waals surface area contributed by atoms with Crippen molar-refractivity contribution in [3.05, 3.63) is 0 Å². The van der Waals surface area contributed by atoms with Gasteiger partial charge in [0.15, 0.2) is 6.29 Å². The maximum absolute atomic E-state index is 5.33. The summed E-state index contributed by atoms with van der Waals surface area (Å²) >= 11 is 0. The molecule has 1 aliphatic rings. The van der Waals surface area contributed by atoms with Crippen LogP contribution in [0.1, 0.15) is 6.42 Å². The van der Waals surface area contributed by atoms with Crippen molar-refractivity contribution in [3.63, 3.8) is 0 Å². The van der Waals surface area contributed by atoms with Crippen molar-refractivity contribution < 1.29 is 14.2 Å². The summed E-state index contributed by atoms with van der Waals surface area (Å²) < 4.78 is 15.6. The fraction of sp³-hybridized carbons (Fsp3) is 1.00. The number of ether oxygens (including phenoxy) is 3. The van der Waals surface area contributed by atoms with Gasteiger partial charge in [-0.05, 0) is 13.5 Å². The molecule has 1 fully saturated rings. The average molecular weight is 189 g/mol. The normalized spacial score (nSPS) is 18.7. The first-order valence-electron chi connectivity index (χ1n) is 4.73. The lowest BCUT2D eigenvalue weighted by molar-refractivity contribution is -0.0586. The summed E-state index contributed by atoms with van der Waals surface area (Å²) in [6, 6.07) is 0. The van der Waals surface area contributed by atoms with Gasteiger partial charge in [0.05, 0.1) is 13.2 Å². The van der Waals surface area contributed by atoms with Crippen molar-refractivity contribution in [2.24, 2.45) is 0 Å². The lowest BCUT2D eigenvalue weighted by Gasteiger charge is -2.19. The van der Waals surface area contributed by atoms with Gasteiger partial charge in [0, 0.05) is 26.8 Å². The SMILES string of the molecule is COCCCN(C)CC1OCCO1. The fourth-order valence-electron chi connectivity index (χ4n) is 1.34. The van der Waals surface area contributed by atoms with Crippen LogP contribution in [0.15, 0.2) is 0 Å². The maximum Gasteiger partial charge on any atom is 0.170 e. The molecule has 0 atom stereocenters. The van der Waals surface area contributed by atoms with Gasteiger partial charge in [-0.3, -0.25) is 0 Å². The van der Waals surface area contributed by atoms with Crippen molar-refractivity contribution in [1.82, 2.24) is 4.90 Å². The highest BCUT2D eigenvalue weighted by Crippen LogP contribution is 2.04. The number of hydrogen-bond acceptors (Lipinski definition) is 4. The molecule has 1 aliphatic heterocycles. The van der Waals surface area contributed by atoms with E-state index in [1.165, 1.54) is 0 Å². The first-order valence-corrected chi connectivity index (χ1v) is 4.73. The van der Waals surface area contributed by atoms with Crippen LogP contribution in [0.25, 0.3) is 0 Å². The molecule has 0 N–H and O–H groups in total. The van der Waals surface area contributed by atoms with Crippen LogP contribution in [-0.4, -0.2) is 58.3 Å². The first-order chi connectivity index (χ1) is 6.33. The average Bonchev–Trinajstić information content (AvgIpc) is 2.57. The lowest BCUT2D eigenvalue weighted by atomic mass is 10.4. The Hall–Kier alpha value is -0.160. The van der Waals surface area contributed by atoms with Crippen molar-refractivity contribution >= 4 is 0 Å². The second-order valence-electron chi connectivity index (χ2n) is 3.28. The van der Waals surface area contributed by atoms with E-state index in [4.69, 9.17) is 14.2 Å². The Labute approximate surface area is 79.8 Å². The van der Waals surface area contributed by atoms with E-state index in [1.807, 2.05) is 0 Å². The molecule has 4 nitrogen and oxygen atoms in total. The Morgan fingerprint density at radius 2 is 2.08 bits per heavy atom. The van der Waals surface area contributed by atoms with E-state index in [9.17, 15) is 0 Å². The Morgan fingerprint density at radius 1 is 1.38 bits per heavy atom. The van der Waals surface area contributed by atoms with E-state index >= 15 is 0 Å². The van der Waals surface area contributed by atoms with E-state index in [-0.39, 0.29) is 6.29 Å². The minimum absolute atomic E-state index is 0.0208. The third-order valence-electron chi connectivity index (χ3n) is 2.04. The molecule has 1 rings (SSSR count). The zero-order valence-electron chi connectivity index (χ0n) is 8.49. The predicted molar refractivity (Wildman–Crippen MR) is 49.7 cm³/mol. The molecule has 78 valence electrons. The van der Waals surface area contributed by atoms with E-state index in [1.54, 1.807) is 7.11 Å². The zero-order chi connectivity index (χ0) is 9.52. The zero-order valence-corrected chi connectivity index (χ0v) is 8.49. The third-order valence-corrected chi connectivity index (χ3v) is 2.04. The van der Waals surface area contributed by atoms with Crippen molar-refractivity contribution in [2.75, 3.05) is 47.1 Å². The van der Waals surface area contributed by atoms with Crippen LogP contribution >= 0.6 is 0 Å². The smallest absolute Gasteiger partial charge is 0.170 e. The molecule has 0 radical (unpaired) electrons. The number of hydrogen-bond donors (Lipinski definition) is 0. The minimum Gasteiger partial charge on any atom is -0.385 e. The minimum atomic E-state index is -0.0208. The van der Waals surface area contributed by atoms with Crippen LogP contribution in [0, 0.1) is 0 Å².